The first kappa shape index (κ1) is 20.4. The van der Waals surface area contributed by atoms with Crippen molar-refractivity contribution < 1.29 is 9.90 Å². The number of ketones is 1. The Morgan fingerprint density at radius 3 is 2.79 bits per heavy atom. The average Bonchev–Trinajstić information content (AvgIpc) is 3.03. The number of carbonyl (C=O) groups excluding carboxylic acids is 1. The number of rotatable bonds is 5. The number of fused-ring (bicyclic) bond motifs is 5. The number of hydrogen-bond donors (Lipinski definition) is 1. The van der Waals surface area contributed by atoms with Crippen molar-refractivity contribution in [2.75, 3.05) is 0 Å². The molecule has 8 atom stereocenters. The Bertz CT molecular complexity index is 663. The third-order valence-corrected chi connectivity index (χ3v) is 9.91. The van der Waals surface area contributed by atoms with E-state index >= 15 is 0 Å². The summed E-state index contributed by atoms with van der Waals surface area (Å²) >= 11 is 0. The van der Waals surface area contributed by atoms with E-state index in [4.69, 9.17) is 0 Å². The third-order valence-electron chi connectivity index (χ3n) is 9.91. The Morgan fingerprint density at radius 1 is 1.25 bits per heavy atom. The number of hydrogen-bond acceptors (Lipinski definition) is 2. The smallest absolute Gasteiger partial charge is 0.155 e. The predicted octanol–water partition coefficient (Wildman–Crippen LogP) is 6.10. The molecule has 0 aromatic heterocycles. The zero-order valence-corrected chi connectivity index (χ0v) is 18.3. The van der Waals surface area contributed by atoms with E-state index in [1.54, 1.807) is 5.57 Å². The van der Waals surface area contributed by atoms with E-state index in [-0.39, 0.29) is 11.9 Å². The van der Waals surface area contributed by atoms with Gasteiger partial charge in [-0.25, -0.2) is 0 Å². The Hall–Kier alpha value is -0.890. The second kappa shape index (κ2) is 7.42. The lowest BCUT2D eigenvalue weighted by Crippen LogP contribution is -2.50. The van der Waals surface area contributed by atoms with Gasteiger partial charge in [0.2, 0.25) is 0 Å². The molecule has 3 fully saturated rings. The summed E-state index contributed by atoms with van der Waals surface area (Å²) < 4.78 is 0. The van der Waals surface area contributed by atoms with Crippen molar-refractivity contribution in [2.45, 2.75) is 91.1 Å². The lowest BCUT2D eigenvalue weighted by molar-refractivity contribution is -0.115. The first-order valence-electron chi connectivity index (χ1n) is 11.8. The van der Waals surface area contributed by atoms with E-state index in [0.29, 0.717) is 23.2 Å². The van der Waals surface area contributed by atoms with Crippen molar-refractivity contribution in [1.82, 2.24) is 0 Å². The van der Waals surface area contributed by atoms with E-state index < -0.39 is 0 Å². The highest BCUT2D eigenvalue weighted by Crippen LogP contribution is 2.67. The first-order chi connectivity index (χ1) is 13.3. The number of allylic oxidation sites excluding steroid dienone is 2. The minimum atomic E-state index is -0.111. The zero-order chi connectivity index (χ0) is 20.1. The molecule has 0 aromatic rings. The SMILES string of the molecule is C=CC(=O)CC[C@@H](C)C1CCC2C3CC=C4CC(O)CCC4(C)C3CCC21C. The monoisotopic (exact) mass is 384 g/mol. The van der Waals surface area contributed by atoms with Crippen LogP contribution >= 0.6 is 0 Å². The maximum Gasteiger partial charge on any atom is 0.155 e. The maximum absolute atomic E-state index is 11.7. The van der Waals surface area contributed by atoms with E-state index in [1.807, 2.05) is 0 Å². The lowest BCUT2D eigenvalue weighted by Gasteiger charge is -2.58. The van der Waals surface area contributed by atoms with Crippen LogP contribution in [0.3, 0.4) is 0 Å². The Kier molecular flexibility index (Phi) is 5.40. The van der Waals surface area contributed by atoms with Crippen LogP contribution in [0.15, 0.2) is 24.3 Å². The van der Waals surface area contributed by atoms with Crippen molar-refractivity contribution in [2.24, 2.45) is 40.4 Å². The molecule has 2 heteroatoms. The maximum atomic E-state index is 11.7. The summed E-state index contributed by atoms with van der Waals surface area (Å²) in [6.45, 7) is 11.1. The van der Waals surface area contributed by atoms with Gasteiger partial charge in [0.05, 0.1) is 6.10 Å². The van der Waals surface area contributed by atoms with Crippen LogP contribution in [-0.4, -0.2) is 17.0 Å². The van der Waals surface area contributed by atoms with Crippen LogP contribution in [-0.2, 0) is 4.79 Å². The molecule has 0 bridgehead atoms. The van der Waals surface area contributed by atoms with Crippen molar-refractivity contribution in [1.29, 1.82) is 0 Å². The average molecular weight is 385 g/mol. The van der Waals surface area contributed by atoms with Gasteiger partial charge in [-0.2, -0.15) is 0 Å². The summed E-state index contributed by atoms with van der Waals surface area (Å²) in [6.07, 6.45) is 15.3. The second-order valence-corrected chi connectivity index (χ2v) is 11.1. The molecule has 4 rings (SSSR count). The Balaban J connectivity index is 1.52. The van der Waals surface area contributed by atoms with E-state index in [2.05, 4.69) is 33.4 Å². The quantitative estimate of drug-likeness (QED) is 0.459. The van der Waals surface area contributed by atoms with Gasteiger partial charge in [0.1, 0.15) is 0 Å². The van der Waals surface area contributed by atoms with Crippen LogP contribution in [0.25, 0.3) is 0 Å². The molecule has 156 valence electrons. The molecular formula is C26H40O2. The Morgan fingerprint density at radius 2 is 2.04 bits per heavy atom. The van der Waals surface area contributed by atoms with Crippen LogP contribution in [0.2, 0.25) is 0 Å². The summed E-state index contributed by atoms with van der Waals surface area (Å²) in [5, 5.41) is 10.2. The molecule has 28 heavy (non-hydrogen) atoms. The summed E-state index contributed by atoms with van der Waals surface area (Å²) in [7, 11) is 0. The van der Waals surface area contributed by atoms with E-state index in [1.165, 1.54) is 44.6 Å². The summed E-state index contributed by atoms with van der Waals surface area (Å²) in [4.78, 5) is 11.7. The van der Waals surface area contributed by atoms with E-state index in [0.717, 1.165) is 42.9 Å². The number of aliphatic hydroxyl groups is 1. The van der Waals surface area contributed by atoms with Crippen LogP contribution in [0, 0.1) is 40.4 Å². The van der Waals surface area contributed by atoms with E-state index in [9.17, 15) is 9.90 Å². The van der Waals surface area contributed by atoms with Gasteiger partial charge in [-0.1, -0.05) is 39.0 Å². The molecule has 4 aliphatic carbocycles. The fraction of sp³-hybridized carbons (Fsp3) is 0.808. The van der Waals surface area contributed by atoms with Gasteiger partial charge in [0.15, 0.2) is 5.78 Å². The van der Waals surface area contributed by atoms with Gasteiger partial charge in [0, 0.05) is 6.42 Å². The minimum absolute atomic E-state index is 0.111. The molecule has 0 amide bonds. The minimum Gasteiger partial charge on any atom is -0.393 e. The normalized spacial score (nSPS) is 46.0. The lowest BCUT2D eigenvalue weighted by atomic mass is 9.47. The number of carbonyl (C=O) groups is 1. The van der Waals surface area contributed by atoms with Crippen LogP contribution in [0.4, 0.5) is 0 Å². The molecule has 1 N–H and O–H groups in total. The van der Waals surface area contributed by atoms with Gasteiger partial charge in [-0.3, -0.25) is 4.79 Å². The van der Waals surface area contributed by atoms with Gasteiger partial charge in [-0.05, 0) is 104 Å². The highest BCUT2D eigenvalue weighted by molar-refractivity contribution is 5.88. The highest BCUT2D eigenvalue weighted by Gasteiger charge is 2.59. The summed E-state index contributed by atoms with van der Waals surface area (Å²) in [6, 6.07) is 0. The van der Waals surface area contributed by atoms with Crippen LogP contribution in [0.1, 0.15) is 85.0 Å². The van der Waals surface area contributed by atoms with Gasteiger partial charge in [0.25, 0.3) is 0 Å². The Labute approximate surface area is 171 Å². The van der Waals surface area contributed by atoms with Crippen LogP contribution < -0.4 is 0 Å². The summed E-state index contributed by atoms with van der Waals surface area (Å²) in [5.74, 6) is 4.08. The molecule has 0 aromatic carbocycles. The molecule has 0 saturated heterocycles. The van der Waals surface area contributed by atoms with Crippen molar-refractivity contribution >= 4 is 5.78 Å². The molecule has 0 aliphatic heterocycles. The molecular weight excluding hydrogens is 344 g/mol. The predicted molar refractivity (Wildman–Crippen MR) is 115 cm³/mol. The molecule has 0 radical (unpaired) electrons. The summed E-state index contributed by atoms with van der Waals surface area (Å²) in [5.41, 5.74) is 2.36. The van der Waals surface area contributed by atoms with Crippen molar-refractivity contribution in [3.8, 4) is 0 Å². The molecule has 7 unspecified atom stereocenters. The van der Waals surface area contributed by atoms with Gasteiger partial charge >= 0.3 is 0 Å². The largest absolute Gasteiger partial charge is 0.393 e. The fourth-order valence-electron chi connectivity index (χ4n) is 8.29. The molecule has 2 nitrogen and oxygen atoms in total. The topological polar surface area (TPSA) is 37.3 Å². The molecule has 0 spiro atoms. The second-order valence-electron chi connectivity index (χ2n) is 11.1. The van der Waals surface area contributed by atoms with Gasteiger partial charge < -0.3 is 5.11 Å². The van der Waals surface area contributed by atoms with Crippen molar-refractivity contribution in [3.63, 3.8) is 0 Å². The zero-order valence-electron chi connectivity index (χ0n) is 18.3. The fourth-order valence-corrected chi connectivity index (χ4v) is 8.29. The highest BCUT2D eigenvalue weighted by atomic mass is 16.3. The number of aliphatic hydroxyl groups excluding tert-OH is 1. The molecule has 4 aliphatic rings. The van der Waals surface area contributed by atoms with Crippen LogP contribution in [0.5, 0.6) is 0 Å². The molecule has 0 heterocycles. The first-order valence-corrected chi connectivity index (χ1v) is 11.8. The third kappa shape index (κ3) is 3.15. The van der Waals surface area contributed by atoms with Crippen molar-refractivity contribution in [3.05, 3.63) is 24.3 Å². The molecule has 3 saturated carbocycles. The standard InChI is InChI=1S/C26H40O2/c1-5-19(27)8-6-17(2)22-10-11-23-21-9-7-18-16-20(28)12-14-25(18,3)24(21)13-15-26(22,23)4/h5,7,17,20-24,28H,1,6,8-16H2,2-4H3/t17-,20?,21?,22?,23?,24?,25?,26?/m1/s1. The van der Waals surface area contributed by atoms with Gasteiger partial charge in [-0.15, -0.1) is 0 Å².